The lowest BCUT2D eigenvalue weighted by Crippen LogP contribution is -2.41. The number of amides is 2. The van der Waals surface area contributed by atoms with Crippen molar-refractivity contribution in [2.24, 2.45) is 0 Å². The number of methoxy groups -OCH3 is 1. The predicted octanol–water partition coefficient (Wildman–Crippen LogP) is 5.03. The van der Waals surface area contributed by atoms with Crippen molar-refractivity contribution in [3.8, 4) is 5.75 Å². The summed E-state index contributed by atoms with van der Waals surface area (Å²) in [5.74, 6) is 0.360. The smallest absolute Gasteiger partial charge is 0.268 e. The summed E-state index contributed by atoms with van der Waals surface area (Å²) < 4.78 is 5.49. The molecule has 3 rings (SSSR count). The Morgan fingerprint density at radius 2 is 1.63 bits per heavy atom. The number of ether oxygens (including phenoxy) is 1. The van der Waals surface area contributed by atoms with Crippen LogP contribution in [-0.2, 0) is 9.59 Å². The van der Waals surface area contributed by atoms with E-state index < -0.39 is 0 Å². The average Bonchev–Trinajstić information content (AvgIpc) is 2.85. The second-order valence-electron chi connectivity index (χ2n) is 7.55. The van der Waals surface area contributed by atoms with Crippen molar-refractivity contribution in [3.63, 3.8) is 0 Å². The lowest BCUT2D eigenvalue weighted by molar-refractivity contribution is -0.139. The molecule has 2 amide bonds. The van der Waals surface area contributed by atoms with Crippen molar-refractivity contribution in [2.45, 2.75) is 70.1 Å². The molecule has 1 saturated carbocycles. The largest absolute Gasteiger partial charge is 0.496 e. The van der Waals surface area contributed by atoms with Gasteiger partial charge in [0.05, 0.1) is 17.6 Å². The van der Waals surface area contributed by atoms with Gasteiger partial charge in [-0.2, -0.15) is 0 Å². The molecule has 0 saturated heterocycles. The highest BCUT2D eigenvalue weighted by Crippen LogP contribution is 2.42. The number of benzene rings is 1. The monoisotopic (exact) mass is 387 g/mol. The zero-order valence-electron chi connectivity index (χ0n) is 16.5. The maximum atomic E-state index is 13.5. The fraction of sp³-hybridized carbons (Fsp3) is 0.545. The zero-order valence-corrected chi connectivity index (χ0v) is 17.3. The van der Waals surface area contributed by atoms with Crippen LogP contribution in [0.5, 0.6) is 5.75 Å². The summed E-state index contributed by atoms with van der Waals surface area (Å²) in [6.45, 7) is 4.10. The van der Waals surface area contributed by atoms with Gasteiger partial charge in [0.2, 0.25) is 0 Å². The first-order valence-electron chi connectivity index (χ1n) is 9.96. The SMILES string of the molecule is COc1ccccc1C1=C(SC(C)C)C(=O)N(C2CCCCCCC2)C1=O. The van der Waals surface area contributed by atoms with E-state index in [1.807, 2.05) is 38.1 Å². The molecule has 1 fully saturated rings. The first kappa shape index (κ1) is 20.0. The van der Waals surface area contributed by atoms with Crippen LogP contribution in [0.2, 0.25) is 0 Å². The van der Waals surface area contributed by atoms with Crippen molar-refractivity contribution in [2.75, 3.05) is 7.11 Å². The van der Waals surface area contributed by atoms with Crippen molar-refractivity contribution in [3.05, 3.63) is 34.7 Å². The highest BCUT2D eigenvalue weighted by molar-refractivity contribution is 8.04. The molecule has 0 atom stereocenters. The number of hydrogen-bond acceptors (Lipinski definition) is 4. The molecule has 5 heteroatoms. The minimum atomic E-state index is -0.154. The van der Waals surface area contributed by atoms with Gasteiger partial charge in [0.15, 0.2) is 0 Å². The molecule has 0 aromatic heterocycles. The molecule has 2 aliphatic rings. The Bertz CT molecular complexity index is 733. The maximum absolute atomic E-state index is 13.5. The maximum Gasteiger partial charge on any atom is 0.268 e. The quantitative estimate of drug-likeness (QED) is 0.665. The van der Waals surface area contributed by atoms with Crippen LogP contribution in [0.1, 0.15) is 64.4 Å². The molecule has 0 radical (unpaired) electrons. The van der Waals surface area contributed by atoms with Crippen LogP contribution in [0.15, 0.2) is 29.2 Å². The van der Waals surface area contributed by atoms with E-state index in [0.717, 1.165) is 31.2 Å². The molecule has 27 heavy (non-hydrogen) atoms. The molecule has 0 spiro atoms. The van der Waals surface area contributed by atoms with Gasteiger partial charge < -0.3 is 4.74 Å². The van der Waals surface area contributed by atoms with E-state index in [0.29, 0.717) is 16.2 Å². The van der Waals surface area contributed by atoms with Crippen LogP contribution < -0.4 is 4.74 Å². The third-order valence-electron chi connectivity index (χ3n) is 5.24. The third kappa shape index (κ3) is 4.23. The Balaban J connectivity index is 2.01. The lowest BCUT2D eigenvalue weighted by Gasteiger charge is -2.28. The normalized spacial score (nSPS) is 19.6. The number of imide groups is 1. The van der Waals surface area contributed by atoms with E-state index in [1.165, 1.54) is 31.0 Å². The molecular formula is C22H29NO3S. The molecule has 146 valence electrons. The molecule has 0 unspecified atom stereocenters. The van der Waals surface area contributed by atoms with Crippen molar-refractivity contribution >= 4 is 29.1 Å². The van der Waals surface area contributed by atoms with Gasteiger partial charge in [0.1, 0.15) is 5.75 Å². The molecular weight excluding hydrogens is 358 g/mol. The van der Waals surface area contributed by atoms with Crippen LogP contribution in [0.4, 0.5) is 0 Å². The topological polar surface area (TPSA) is 46.6 Å². The van der Waals surface area contributed by atoms with Crippen molar-refractivity contribution in [1.82, 2.24) is 4.90 Å². The van der Waals surface area contributed by atoms with Crippen LogP contribution in [0.25, 0.3) is 5.57 Å². The van der Waals surface area contributed by atoms with Crippen LogP contribution in [0.3, 0.4) is 0 Å². The van der Waals surface area contributed by atoms with Crippen LogP contribution >= 0.6 is 11.8 Å². The number of para-hydroxylation sites is 1. The Labute approximate surface area is 166 Å². The number of carbonyl (C=O) groups is 2. The van der Waals surface area contributed by atoms with Crippen molar-refractivity contribution < 1.29 is 14.3 Å². The molecule has 1 aliphatic carbocycles. The van der Waals surface area contributed by atoms with Gasteiger partial charge in [-0.25, -0.2) is 0 Å². The Morgan fingerprint density at radius 1 is 1.00 bits per heavy atom. The standard InChI is InChI=1S/C22H29NO3S/c1-15(2)27-20-19(17-13-9-10-14-18(17)26-3)21(24)23(22(20)25)16-11-7-5-4-6-8-12-16/h9-10,13-16H,4-8,11-12H2,1-3H3. The predicted molar refractivity (Wildman–Crippen MR) is 111 cm³/mol. The number of nitrogens with zero attached hydrogens (tertiary/aromatic N) is 1. The van der Waals surface area contributed by atoms with Gasteiger partial charge in [-0.15, -0.1) is 11.8 Å². The first-order chi connectivity index (χ1) is 13.0. The molecule has 4 nitrogen and oxygen atoms in total. The van der Waals surface area contributed by atoms with Gasteiger partial charge >= 0.3 is 0 Å². The van der Waals surface area contributed by atoms with Gasteiger partial charge in [-0.05, 0) is 18.9 Å². The molecule has 1 aromatic rings. The second-order valence-corrected chi connectivity index (χ2v) is 9.14. The van der Waals surface area contributed by atoms with Gasteiger partial charge in [0.25, 0.3) is 11.8 Å². The summed E-state index contributed by atoms with van der Waals surface area (Å²) in [4.78, 5) is 28.9. The number of carbonyl (C=O) groups excluding carboxylic acids is 2. The van der Waals surface area contributed by atoms with E-state index in [1.54, 1.807) is 12.0 Å². The Morgan fingerprint density at radius 3 is 2.26 bits per heavy atom. The van der Waals surface area contributed by atoms with Crippen LogP contribution in [-0.4, -0.2) is 35.1 Å². The summed E-state index contributed by atoms with van der Waals surface area (Å²) in [6.07, 6.45) is 7.62. The minimum absolute atomic E-state index is 0.0141. The summed E-state index contributed by atoms with van der Waals surface area (Å²) in [5.41, 5.74) is 1.23. The Hall–Kier alpha value is -1.75. The number of rotatable bonds is 5. The highest BCUT2D eigenvalue weighted by Gasteiger charge is 2.43. The van der Waals surface area contributed by atoms with Gasteiger partial charge in [0, 0.05) is 16.9 Å². The summed E-state index contributed by atoms with van der Waals surface area (Å²) in [7, 11) is 1.60. The first-order valence-corrected chi connectivity index (χ1v) is 10.8. The van der Waals surface area contributed by atoms with Crippen molar-refractivity contribution in [1.29, 1.82) is 0 Å². The van der Waals surface area contributed by atoms with E-state index >= 15 is 0 Å². The Kier molecular flexibility index (Phi) is 6.64. The third-order valence-corrected chi connectivity index (χ3v) is 6.33. The summed E-state index contributed by atoms with van der Waals surface area (Å²) >= 11 is 1.49. The number of thioether (sulfide) groups is 1. The highest BCUT2D eigenvalue weighted by atomic mass is 32.2. The second kappa shape index (κ2) is 8.96. The summed E-state index contributed by atoms with van der Waals surface area (Å²) in [6, 6.07) is 7.50. The van der Waals surface area contributed by atoms with Crippen LogP contribution in [0, 0.1) is 0 Å². The van der Waals surface area contributed by atoms with Gasteiger partial charge in [-0.3, -0.25) is 14.5 Å². The molecule has 1 aliphatic heterocycles. The fourth-order valence-electron chi connectivity index (χ4n) is 3.98. The molecule has 0 N–H and O–H groups in total. The van der Waals surface area contributed by atoms with Gasteiger partial charge in [-0.1, -0.05) is 64.2 Å². The minimum Gasteiger partial charge on any atom is -0.496 e. The molecule has 1 heterocycles. The average molecular weight is 388 g/mol. The van der Waals surface area contributed by atoms with E-state index in [-0.39, 0.29) is 23.1 Å². The molecule has 1 aromatic carbocycles. The summed E-state index contributed by atoms with van der Waals surface area (Å²) in [5, 5.41) is 0.221. The molecule has 0 bridgehead atoms. The van der Waals surface area contributed by atoms with E-state index in [4.69, 9.17) is 4.74 Å². The number of hydrogen-bond donors (Lipinski definition) is 0. The van der Waals surface area contributed by atoms with E-state index in [2.05, 4.69) is 0 Å². The zero-order chi connectivity index (χ0) is 19.4. The lowest BCUT2D eigenvalue weighted by atomic mass is 9.95. The van der Waals surface area contributed by atoms with E-state index in [9.17, 15) is 9.59 Å². The fourth-order valence-corrected chi connectivity index (χ4v) is 4.97.